The molecule has 4 aromatic rings. The summed E-state index contributed by atoms with van der Waals surface area (Å²) in [5, 5.41) is 3.13. The fraction of sp³-hybridized carbons (Fsp3) is 0.172. The van der Waals surface area contributed by atoms with Gasteiger partial charge in [-0.25, -0.2) is 4.90 Å². The molecule has 1 aromatic heterocycles. The zero-order chi connectivity index (χ0) is 28.1. The Morgan fingerprint density at radius 2 is 1.75 bits per heavy atom. The van der Waals surface area contributed by atoms with Crippen molar-refractivity contribution in [1.82, 2.24) is 4.57 Å². The number of carbonyl (C=O) groups excluding carboxylic acids is 3. The molecule has 40 heavy (non-hydrogen) atoms. The average molecular weight is 655 g/mol. The Labute approximate surface area is 251 Å². The maximum absolute atomic E-state index is 13.9. The minimum absolute atomic E-state index is 0.211. The molecule has 202 valence electrons. The molecule has 6 rings (SSSR count). The number of imide groups is 1. The van der Waals surface area contributed by atoms with E-state index in [1.54, 1.807) is 30.3 Å². The standard InChI is InChI=1S/C29H21BrClN3O4S2/c1-15-4-2-7-19(12-15)32-21(35)14-33-28-25(40-29(33)38)22(16-5-3-6-17(30)13-16)23-24(39-28)27(37)34(26(23)36)20-10-8-18(31)9-11-20/h2-13,22-24H,14H2,1H3,(H,32,35). The normalized spacial score (nSPS) is 19.9. The molecule has 0 aliphatic carbocycles. The highest BCUT2D eigenvalue weighted by Crippen LogP contribution is 2.54. The first-order valence-corrected chi connectivity index (χ1v) is 15.2. The van der Waals surface area contributed by atoms with Gasteiger partial charge in [-0.15, -0.1) is 0 Å². The van der Waals surface area contributed by atoms with Crippen LogP contribution in [0.1, 0.15) is 21.9 Å². The number of benzene rings is 3. The number of hydrogen-bond donors (Lipinski definition) is 1. The van der Waals surface area contributed by atoms with E-state index < -0.39 is 17.1 Å². The lowest BCUT2D eigenvalue weighted by Gasteiger charge is -2.30. The minimum Gasteiger partial charge on any atom is -0.325 e. The smallest absolute Gasteiger partial charge is 0.308 e. The fourth-order valence-corrected chi connectivity index (χ4v) is 8.54. The highest BCUT2D eigenvalue weighted by Gasteiger charge is 2.56. The Hall–Kier alpha value is -3.18. The number of aryl methyl sites for hydroxylation is 1. The molecule has 3 amide bonds. The first-order valence-electron chi connectivity index (χ1n) is 12.4. The summed E-state index contributed by atoms with van der Waals surface area (Å²) in [5.41, 5.74) is 2.89. The monoisotopic (exact) mass is 653 g/mol. The molecule has 0 radical (unpaired) electrons. The lowest BCUT2D eigenvalue weighted by Crippen LogP contribution is -2.33. The third-order valence-electron chi connectivity index (χ3n) is 6.95. The third kappa shape index (κ3) is 4.83. The van der Waals surface area contributed by atoms with Crippen LogP contribution in [0.5, 0.6) is 0 Å². The van der Waals surface area contributed by atoms with Gasteiger partial charge in [-0.1, -0.05) is 74.9 Å². The van der Waals surface area contributed by atoms with Gasteiger partial charge in [0, 0.05) is 26.0 Å². The van der Waals surface area contributed by atoms with Crippen LogP contribution in [-0.2, 0) is 20.9 Å². The van der Waals surface area contributed by atoms with Gasteiger partial charge in [0.05, 0.1) is 16.6 Å². The molecule has 3 aromatic carbocycles. The number of anilines is 2. The van der Waals surface area contributed by atoms with Gasteiger partial charge in [0.15, 0.2) is 0 Å². The first kappa shape index (κ1) is 27.0. The van der Waals surface area contributed by atoms with Crippen molar-refractivity contribution in [3.05, 3.63) is 108 Å². The summed E-state index contributed by atoms with van der Waals surface area (Å²) in [6.07, 6.45) is 0. The molecule has 11 heteroatoms. The van der Waals surface area contributed by atoms with Crippen LogP contribution in [0.4, 0.5) is 11.4 Å². The summed E-state index contributed by atoms with van der Waals surface area (Å²) in [6, 6.07) is 21.5. The van der Waals surface area contributed by atoms with Crippen molar-refractivity contribution in [2.24, 2.45) is 5.92 Å². The van der Waals surface area contributed by atoms with Gasteiger partial charge in [-0.3, -0.25) is 23.7 Å². The molecule has 3 heterocycles. The van der Waals surface area contributed by atoms with E-state index in [0.29, 0.717) is 26.3 Å². The van der Waals surface area contributed by atoms with E-state index in [0.717, 1.165) is 26.9 Å². The number of fused-ring (bicyclic) bond motifs is 2. The largest absolute Gasteiger partial charge is 0.325 e. The van der Waals surface area contributed by atoms with Crippen molar-refractivity contribution in [2.75, 3.05) is 10.2 Å². The molecule has 1 N–H and O–H groups in total. The average Bonchev–Trinajstić information content (AvgIpc) is 3.35. The van der Waals surface area contributed by atoms with Crippen molar-refractivity contribution in [3.63, 3.8) is 0 Å². The van der Waals surface area contributed by atoms with Gasteiger partial charge < -0.3 is 5.32 Å². The van der Waals surface area contributed by atoms with Crippen LogP contribution < -0.4 is 15.1 Å². The van der Waals surface area contributed by atoms with Gasteiger partial charge in [0.25, 0.3) is 0 Å². The molecular weight excluding hydrogens is 634 g/mol. The topological polar surface area (TPSA) is 88.5 Å². The fourth-order valence-electron chi connectivity index (χ4n) is 5.23. The maximum atomic E-state index is 13.9. The number of carbonyl (C=O) groups is 3. The second-order valence-corrected chi connectivity index (χ2v) is 13.1. The van der Waals surface area contributed by atoms with Crippen molar-refractivity contribution >= 4 is 79.7 Å². The molecule has 1 fully saturated rings. The van der Waals surface area contributed by atoms with E-state index in [4.69, 9.17) is 11.6 Å². The van der Waals surface area contributed by atoms with E-state index >= 15 is 0 Å². The lowest BCUT2D eigenvalue weighted by atomic mass is 9.83. The van der Waals surface area contributed by atoms with Crippen molar-refractivity contribution in [1.29, 1.82) is 0 Å². The van der Waals surface area contributed by atoms with Gasteiger partial charge >= 0.3 is 4.87 Å². The Morgan fingerprint density at radius 3 is 2.48 bits per heavy atom. The molecule has 0 bridgehead atoms. The molecule has 1 saturated heterocycles. The zero-order valence-electron chi connectivity index (χ0n) is 21.0. The predicted octanol–water partition coefficient (Wildman–Crippen LogP) is 6.07. The second-order valence-electron chi connectivity index (χ2n) is 9.63. The number of aromatic nitrogens is 1. The molecule has 3 atom stereocenters. The summed E-state index contributed by atoms with van der Waals surface area (Å²) < 4.78 is 2.23. The first-order chi connectivity index (χ1) is 19.2. The van der Waals surface area contributed by atoms with E-state index in [2.05, 4.69) is 21.2 Å². The summed E-state index contributed by atoms with van der Waals surface area (Å²) >= 11 is 11.8. The van der Waals surface area contributed by atoms with E-state index in [9.17, 15) is 19.2 Å². The van der Waals surface area contributed by atoms with Crippen LogP contribution in [0.15, 0.2) is 87.1 Å². The maximum Gasteiger partial charge on any atom is 0.308 e. The molecule has 0 saturated carbocycles. The number of thiazole rings is 1. The van der Waals surface area contributed by atoms with Crippen molar-refractivity contribution < 1.29 is 14.4 Å². The number of nitrogens with zero attached hydrogens (tertiary/aromatic N) is 2. The molecule has 2 aliphatic heterocycles. The van der Waals surface area contributed by atoms with Gasteiger partial charge in [0.1, 0.15) is 11.8 Å². The van der Waals surface area contributed by atoms with Gasteiger partial charge in [0.2, 0.25) is 17.7 Å². The second kappa shape index (κ2) is 10.7. The third-order valence-corrected chi connectivity index (χ3v) is 10.3. The van der Waals surface area contributed by atoms with Gasteiger partial charge in [-0.05, 0) is 66.6 Å². The quantitative estimate of drug-likeness (QED) is 0.264. The number of hydrogen-bond acceptors (Lipinski definition) is 6. The van der Waals surface area contributed by atoms with Crippen LogP contribution in [0.3, 0.4) is 0 Å². The highest BCUT2D eigenvalue weighted by molar-refractivity contribution is 9.10. The number of rotatable bonds is 5. The van der Waals surface area contributed by atoms with E-state index in [-0.39, 0.29) is 29.1 Å². The van der Waals surface area contributed by atoms with Crippen LogP contribution in [0, 0.1) is 12.8 Å². The van der Waals surface area contributed by atoms with Crippen LogP contribution >= 0.6 is 50.6 Å². The Morgan fingerprint density at radius 1 is 1.00 bits per heavy atom. The zero-order valence-corrected chi connectivity index (χ0v) is 24.9. The Balaban J connectivity index is 1.41. The number of thioether (sulfide) groups is 1. The van der Waals surface area contributed by atoms with E-state index in [1.807, 2.05) is 49.4 Å². The molecule has 7 nitrogen and oxygen atoms in total. The summed E-state index contributed by atoms with van der Waals surface area (Å²) in [4.78, 5) is 55.6. The van der Waals surface area contributed by atoms with E-state index in [1.165, 1.54) is 21.2 Å². The van der Waals surface area contributed by atoms with Crippen LogP contribution in [0.25, 0.3) is 0 Å². The van der Waals surface area contributed by atoms with Crippen LogP contribution in [0.2, 0.25) is 5.02 Å². The number of amides is 3. The highest BCUT2D eigenvalue weighted by atomic mass is 79.9. The molecule has 0 spiro atoms. The summed E-state index contributed by atoms with van der Waals surface area (Å²) in [6.45, 7) is 1.72. The minimum atomic E-state index is -0.764. The molecular formula is C29H21BrClN3O4S2. The summed E-state index contributed by atoms with van der Waals surface area (Å²) in [7, 11) is 0. The van der Waals surface area contributed by atoms with Crippen molar-refractivity contribution in [2.45, 2.75) is 29.7 Å². The van der Waals surface area contributed by atoms with Crippen molar-refractivity contribution in [3.8, 4) is 0 Å². The number of halogens is 2. The molecule has 3 unspecified atom stereocenters. The predicted molar refractivity (Wildman–Crippen MR) is 161 cm³/mol. The number of nitrogens with one attached hydrogen (secondary N) is 1. The Bertz CT molecular complexity index is 1740. The summed E-state index contributed by atoms with van der Waals surface area (Å²) in [5.74, 6) is -2.30. The Kier molecular flexibility index (Phi) is 7.20. The molecule has 2 aliphatic rings. The lowest BCUT2D eigenvalue weighted by molar-refractivity contribution is -0.122. The van der Waals surface area contributed by atoms with Crippen LogP contribution in [-0.4, -0.2) is 27.5 Å². The van der Waals surface area contributed by atoms with Gasteiger partial charge in [-0.2, -0.15) is 0 Å². The SMILES string of the molecule is Cc1cccc(NC(=O)Cn2c3c(sc2=O)C(c2cccc(Br)c2)C2C(=O)N(c4ccc(Cl)cc4)C(=O)C2S3)c1.